The van der Waals surface area contributed by atoms with Crippen LogP contribution in [0.3, 0.4) is 0 Å². The van der Waals surface area contributed by atoms with Gasteiger partial charge in [-0.05, 0) is 32.6 Å². The number of carbonyl (C=O) groups is 1. The number of carboxylic acid groups (broad SMARTS) is 1. The normalized spacial score (nSPS) is 16.9. The van der Waals surface area contributed by atoms with E-state index in [2.05, 4.69) is 9.97 Å². The van der Waals surface area contributed by atoms with Crippen LogP contribution in [0.5, 0.6) is 0 Å². The SMILES string of the molecule is COC(c1nc(C)c(C(=O)O)c(C)n1)C1CC1. The van der Waals surface area contributed by atoms with Gasteiger partial charge in [0.1, 0.15) is 11.7 Å². The second kappa shape index (κ2) is 4.41. The first-order chi connectivity index (χ1) is 8.04. The van der Waals surface area contributed by atoms with Crippen LogP contribution in [0.4, 0.5) is 0 Å². The van der Waals surface area contributed by atoms with Gasteiger partial charge in [0.05, 0.1) is 11.4 Å². The lowest BCUT2D eigenvalue weighted by molar-refractivity contribution is 0.0687. The van der Waals surface area contributed by atoms with Gasteiger partial charge in [-0.25, -0.2) is 14.8 Å². The van der Waals surface area contributed by atoms with E-state index in [1.54, 1.807) is 21.0 Å². The Morgan fingerprint density at radius 3 is 2.24 bits per heavy atom. The molecule has 2 rings (SSSR count). The molecular formula is C12H16N2O3. The second-order valence-corrected chi connectivity index (χ2v) is 4.43. The number of ether oxygens (including phenoxy) is 1. The fourth-order valence-corrected chi connectivity index (χ4v) is 2.09. The number of hydrogen-bond donors (Lipinski definition) is 1. The predicted molar refractivity (Wildman–Crippen MR) is 60.9 cm³/mol. The van der Waals surface area contributed by atoms with Crippen molar-refractivity contribution < 1.29 is 14.6 Å². The van der Waals surface area contributed by atoms with Crippen LogP contribution in [0.25, 0.3) is 0 Å². The molecule has 1 aliphatic carbocycles. The molecule has 0 aliphatic heterocycles. The monoisotopic (exact) mass is 236 g/mol. The summed E-state index contributed by atoms with van der Waals surface area (Å²) in [5.74, 6) is 0.108. The molecule has 0 saturated heterocycles. The van der Waals surface area contributed by atoms with Crippen molar-refractivity contribution in [2.24, 2.45) is 5.92 Å². The Bertz CT molecular complexity index is 432. The van der Waals surface area contributed by atoms with E-state index in [0.717, 1.165) is 12.8 Å². The van der Waals surface area contributed by atoms with E-state index in [0.29, 0.717) is 23.1 Å². The Hall–Kier alpha value is -1.49. The number of aryl methyl sites for hydroxylation is 2. The average molecular weight is 236 g/mol. The standard InChI is InChI=1S/C12H16N2O3/c1-6-9(12(15)16)7(2)14-11(13-6)10(17-3)8-4-5-8/h8,10H,4-5H2,1-3H3,(H,15,16). The molecule has 17 heavy (non-hydrogen) atoms. The molecular weight excluding hydrogens is 220 g/mol. The summed E-state index contributed by atoms with van der Waals surface area (Å²) in [6.45, 7) is 3.39. The third-order valence-corrected chi connectivity index (χ3v) is 3.06. The molecule has 1 heterocycles. The number of carboxylic acids is 1. The second-order valence-electron chi connectivity index (χ2n) is 4.43. The molecule has 0 aromatic carbocycles. The minimum Gasteiger partial charge on any atom is -0.478 e. The maximum absolute atomic E-state index is 11.0. The van der Waals surface area contributed by atoms with Crippen LogP contribution in [-0.4, -0.2) is 28.2 Å². The van der Waals surface area contributed by atoms with Gasteiger partial charge in [0.2, 0.25) is 0 Å². The van der Waals surface area contributed by atoms with Crippen molar-refractivity contribution in [1.82, 2.24) is 9.97 Å². The highest BCUT2D eigenvalue weighted by molar-refractivity contribution is 5.89. The highest BCUT2D eigenvalue weighted by Crippen LogP contribution is 2.41. The zero-order valence-electron chi connectivity index (χ0n) is 10.2. The summed E-state index contributed by atoms with van der Waals surface area (Å²) in [5.41, 5.74) is 1.20. The molecule has 5 heteroatoms. The van der Waals surface area contributed by atoms with Crippen LogP contribution < -0.4 is 0 Å². The van der Waals surface area contributed by atoms with E-state index in [9.17, 15) is 4.79 Å². The lowest BCUT2D eigenvalue weighted by Crippen LogP contribution is -2.15. The fourth-order valence-electron chi connectivity index (χ4n) is 2.09. The number of aromatic nitrogens is 2. The number of aromatic carboxylic acids is 1. The first-order valence-corrected chi connectivity index (χ1v) is 5.65. The molecule has 1 aliphatic rings. The first kappa shape index (κ1) is 12.0. The molecule has 1 N–H and O–H groups in total. The van der Waals surface area contributed by atoms with Gasteiger partial charge < -0.3 is 9.84 Å². The minimum atomic E-state index is -0.980. The molecule has 1 saturated carbocycles. The highest BCUT2D eigenvalue weighted by Gasteiger charge is 2.35. The highest BCUT2D eigenvalue weighted by atomic mass is 16.5. The lowest BCUT2D eigenvalue weighted by Gasteiger charge is -2.15. The Kier molecular flexibility index (Phi) is 3.11. The van der Waals surface area contributed by atoms with Gasteiger partial charge in [-0.15, -0.1) is 0 Å². The van der Waals surface area contributed by atoms with Gasteiger partial charge in [-0.1, -0.05) is 0 Å². The van der Waals surface area contributed by atoms with E-state index >= 15 is 0 Å². The van der Waals surface area contributed by atoms with Crippen molar-refractivity contribution >= 4 is 5.97 Å². The number of hydrogen-bond acceptors (Lipinski definition) is 4. The maximum atomic E-state index is 11.0. The quantitative estimate of drug-likeness (QED) is 0.864. The zero-order chi connectivity index (χ0) is 12.6. The summed E-state index contributed by atoms with van der Waals surface area (Å²) in [6.07, 6.45) is 2.15. The molecule has 1 unspecified atom stereocenters. The third-order valence-electron chi connectivity index (χ3n) is 3.06. The molecule has 0 bridgehead atoms. The fraction of sp³-hybridized carbons (Fsp3) is 0.583. The van der Waals surface area contributed by atoms with E-state index in [1.165, 1.54) is 0 Å². The van der Waals surface area contributed by atoms with Crippen LogP contribution in [0, 0.1) is 19.8 Å². The molecule has 1 aromatic heterocycles. The predicted octanol–water partition coefficient (Wildman–Crippen LogP) is 1.89. The average Bonchev–Trinajstić information content (AvgIpc) is 3.01. The van der Waals surface area contributed by atoms with Crippen molar-refractivity contribution in [2.45, 2.75) is 32.8 Å². The summed E-state index contributed by atoms with van der Waals surface area (Å²) in [4.78, 5) is 19.6. The molecule has 5 nitrogen and oxygen atoms in total. The zero-order valence-corrected chi connectivity index (χ0v) is 10.2. The number of methoxy groups -OCH3 is 1. The summed E-state index contributed by atoms with van der Waals surface area (Å²) in [5, 5.41) is 9.04. The number of rotatable bonds is 4. The van der Waals surface area contributed by atoms with Gasteiger partial charge in [0, 0.05) is 7.11 Å². The molecule has 1 atom stereocenters. The van der Waals surface area contributed by atoms with Crippen LogP contribution >= 0.6 is 0 Å². The lowest BCUT2D eigenvalue weighted by atomic mass is 10.1. The Morgan fingerprint density at radius 1 is 1.35 bits per heavy atom. The Morgan fingerprint density at radius 2 is 1.88 bits per heavy atom. The van der Waals surface area contributed by atoms with Crippen molar-refractivity contribution in [2.75, 3.05) is 7.11 Å². The summed E-state index contributed by atoms with van der Waals surface area (Å²) in [6, 6.07) is 0. The van der Waals surface area contributed by atoms with Crippen LogP contribution in [-0.2, 0) is 4.74 Å². The van der Waals surface area contributed by atoms with Gasteiger partial charge in [-0.3, -0.25) is 0 Å². The molecule has 0 spiro atoms. The van der Waals surface area contributed by atoms with Crippen molar-refractivity contribution in [3.05, 3.63) is 22.8 Å². The summed E-state index contributed by atoms with van der Waals surface area (Å²) < 4.78 is 5.40. The van der Waals surface area contributed by atoms with Crippen LogP contribution in [0.2, 0.25) is 0 Å². The minimum absolute atomic E-state index is 0.102. The largest absolute Gasteiger partial charge is 0.478 e. The van der Waals surface area contributed by atoms with E-state index in [1.807, 2.05) is 0 Å². The third kappa shape index (κ3) is 2.29. The molecule has 1 aromatic rings. The Balaban J connectivity index is 2.40. The topological polar surface area (TPSA) is 72.3 Å². The number of nitrogens with zero attached hydrogens (tertiary/aromatic N) is 2. The van der Waals surface area contributed by atoms with Gasteiger partial charge in [-0.2, -0.15) is 0 Å². The summed E-state index contributed by atoms with van der Waals surface area (Å²) >= 11 is 0. The maximum Gasteiger partial charge on any atom is 0.339 e. The van der Waals surface area contributed by atoms with Gasteiger partial charge in [0.25, 0.3) is 0 Å². The molecule has 0 amide bonds. The van der Waals surface area contributed by atoms with E-state index in [-0.39, 0.29) is 11.7 Å². The van der Waals surface area contributed by atoms with Crippen molar-refractivity contribution in [1.29, 1.82) is 0 Å². The van der Waals surface area contributed by atoms with Crippen molar-refractivity contribution in [3.63, 3.8) is 0 Å². The Labute approximate surface area is 99.9 Å². The van der Waals surface area contributed by atoms with E-state index in [4.69, 9.17) is 9.84 Å². The summed E-state index contributed by atoms with van der Waals surface area (Å²) in [7, 11) is 1.64. The van der Waals surface area contributed by atoms with Crippen LogP contribution in [0.15, 0.2) is 0 Å². The van der Waals surface area contributed by atoms with Crippen molar-refractivity contribution in [3.8, 4) is 0 Å². The molecule has 1 fully saturated rings. The smallest absolute Gasteiger partial charge is 0.339 e. The first-order valence-electron chi connectivity index (χ1n) is 5.65. The van der Waals surface area contributed by atoms with Crippen LogP contribution in [0.1, 0.15) is 46.5 Å². The molecule has 0 radical (unpaired) electrons. The van der Waals surface area contributed by atoms with E-state index < -0.39 is 5.97 Å². The van der Waals surface area contributed by atoms with Gasteiger partial charge >= 0.3 is 5.97 Å². The van der Waals surface area contributed by atoms with Gasteiger partial charge in [0.15, 0.2) is 5.82 Å². The molecule has 92 valence electrons.